The molecule has 0 spiro atoms. The Morgan fingerprint density at radius 3 is 2.50 bits per heavy atom. The number of nitrogens with one attached hydrogen (secondary N) is 1. The monoisotopic (exact) mass is 300 g/mol. The van der Waals surface area contributed by atoms with E-state index in [1.54, 1.807) is 7.11 Å². The number of nitrogens with two attached hydrogens (primary N) is 1. The number of methoxy groups -OCH3 is 2. The summed E-state index contributed by atoms with van der Waals surface area (Å²) in [5.41, 5.74) is 8.73. The van der Waals surface area contributed by atoms with Gasteiger partial charge in [0.1, 0.15) is 5.75 Å². The summed E-state index contributed by atoms with van der Waals surface area (Å²) >= 11 is 0. The molecule has 0 aliphatic rings. The van der Waals surface area contributed by atoms with Crippen LogP contribution in [-0.4, -0.2) is 20.2 Å². The summed E-state index contributed by atoms with van der Waals surface area (Å²) in [7, 11) is 2.99. The molecule has 2 rings (SSSR count). The van der Waals surface area contributed by atoms with E-state index in [0.29, 0.717) is 0 Å². The molecule has 0 fully saturated rings. The minimum Gasteiger partial charge on any atom is -0.497 e. The van der Waals surface area contributed by atoms with E-state index in [0.717, 1.165) is 22.7 Å². The molecule has 0 saturated heterocycles. The van der Waals surface area contributed by atoms with Crippen molar-refractivity contribution >= 4 is 17.3 Å². The Morgan fingerprint density at radius 1 is 1.14 bits per heavy atom. The molecule has 5 nitrogen and oxygen atoms in total. The van der Waals surface area contributed by atoms with Crippen molar-refractivity contribution in [1.29, 1.82) is 0 Å². The molecule has 3 N–H and O–H groups in total. The van der Waals surface area contributed by atoms with E-state index in [1.807, 2.05) is 48.5 Å². The van der Waals surface area contributed by atoms with Gasteiger partial charge in [-0.2, -0.15) is 0 Å². The highest BCUT2D eigenvalue weighted by Gasteiger charge is 2.11. The molecule has 22 heavy (non-hydrogen) atoms. The SMILES string of the molecule is COC(=O)C[C@H](N)c1ccc(Nc2cccc(OC)c2)cc1. The van der Waals surface area contributed by atoms with Crippen molar-refractivity contribution in [2.45, 2.75) is 12.5 Å². The lowest BCUT2D eigenvalue weighted by Gasteiger charge is -2.12. The van der Waals surface area contributed by atoms with Crippen LogP contribution in [0.1, 0.15) is 18.0 Å². The average molecular weight is 300 g/mol. The second kappa shape index (κ2) is 7.47. The number of anilines is 2. The Balaban J connectivity index is 2.03. The zero-order chi connectivity index (χ0) is 15.9. The van der Waals surface area contributed by atoms with Crippen LogP contribution in [0.4, 0.5) is 11.4 Å². The van der Waals surface area contributed by atoms with Gasteiger partial charge >= 0.3 is 5.97 Å². The van der Waals surface area contributed by atoms with Crippen molar-refractivity contribution in [1.82, 2.24) is 0 Å². The van der Waals surface area contributed by atoms with Crippen LogP contribution in [0.25, 0.3) is 0 Å². The predicted molar refractivity (Wildman–Crippen MR) is 86.3 cm³/mol. The van der Waals surface area contributed by atoms with Crippen molar-refractivity contribution in [3.05, 3.63) is 54.1 Å². The van der Waals surface area contributed by atoms with Gasteiger partial charge in [-0.15, -0.1) is 0 Å². The van der Waals surface area contributed by atoms with Gasteiger partial charge in [-0.25, -0.2) is 0 Å². The second-order valence-corrected chi connectivity index (χ2v) is 4.87. The summed E-state index contributed by atoms with van der Waals surface area (Å²) in [5.74, 6) is 0.479. The molecule has 0 aliphatic heterocycles. The molecule has 0 radical (unpaired) electrons. The number of ether oxygens (including phenoxy) is 2. The van der Waals surface area contributed by atoms with Crippen LogP contribution in [-0.2, 0) is 9.53 Å². The van der Waals surface area contributed by atoms with E-state index in [9.17, 15) is 4.79 Å². The number of esters is 1. The zero-order valence-corrected chi connectivity index (χ0v) is 12.7. The highest BCUT2D eigenvalue weighted by atomic mass is 16.5. The van der Waals surface area contributed by atoms with Gasteiger partial charge in [0.05, 0.1) is 20.6 Å². The van der Waals surface area contributed by atoms with E-state index >= 15 is 0 Å². The largest absolute Gasteiger partial charge is 0.497 e. The van der Waals surface area contributed by atoms with Gasteiger partial charge in [0.2, 0.25) is 0 Å². The normalized spacial score (nSPS) is 11.6. The molecular weight excluding hydrogens is 280 g/mol. The van der Waals surface area contributed by atoms with Crippen molar-refractivity contribution in [2.75, 3.05) is 19.5 Å². The quantitative estimate of drug-likeness (QED) is 0.802. The van der Waals surface area contributed by atoms with Crippen LogP contribution in [0.5, 0.6) is 5.75 Å². The Kier molecular flexibility index (Phi) is 5.38. The van der Waals surface area contributed by atoms with E-state index < -0.39 is 0 Å². The molecule has 0 heterocycles. The molecule has 0 saturated carbocycles. The summed E-state index contributed by atoms with van der Waals surface area (Å²) in [6.07, 6.45) is 0.166. The van der Waals surface area contributed by atoms with Crippen LogP contribution in [0.15, 0.2) is 48.5 Å². The fourth-order valence-electron chi connectivity index (χ4n) is 2.06. The van der Waals surface area contributed by atoms with Crippen molar-refractivity contribution in [2.24, 2.45) is 5.73 Å². The van der Waals surface area contributed by atoms with Crippen molar-refractivity contribution in [3.8, 4) is 5.75 Å². The van der Waals surface area contributed by atoms with Gasteiger partial charge in [0.15, 0.2) is 0 Å². The molecule has 1 atom stereocenters. The zero-order valence-electron chi connectivity index (χ0n) is 12.7. The molecule has 5 heteroatoms. The number of rotatable bonds is 6. The molecular formula is C17H20N2O3. The smallest absolute Gasteiger partial charge is 0.307 e. The minimum atomic E-state index is -0.363. The maximum Gasteiger partial charge on any atom is 0.307 e. The molecule has 2 aromatic carbocycles. The molecule has 2 aromatic rings. The van der Waals surface area contributed by atoms with Crippen LogP contribution in [0.3, 0.4) is 0 Å². The average Bonchev–Trinajstić information content (AvgIpc) is 2.55. The van der Waals surface area contributed by atoms with Crippen LogP contribution in [0, 0.1) is 0 Å². The first kappa shape index (κ1) is 15.9. The fourth-order valence-corrected chi connectivity index (χ4v) is 2.06. The summed E-state index contributed by atoms with van der Waals surface area (Å²) in [4.78, 5) is 11.2. The third-order valence-electron chi connectivity index (χ3n) is 3.31. The van der Waals surface area contributed by atoms with Crippen LogP contribution < -0.4 is 15.8 Å². The first-order valence-electron chi connectivity index (χ1n) is 6.96. The van der Waals surface area contributed by atoms with Gasteiger partial charge in [0.25, 0.3) is 0 Å². The maximum absolute atomic E-state index is 11.2. The third-order valence-corrected chi connectivity index (χ3v) is 3.31. The van der Waals surface area contributed by atoms with Gasteiger partial charge in [-0.05, 0) is 29.8 Å². The Bertz CT molecular complexity index is 626. The highest BCUT2D eigenvalue weighted by Crippen LogP contribution is 2.23. The van der Waals surface area contributed by atoms with Crippen molar-refractivity contribution in [3.63, 3.8) is 0 Å². The predicted octanol–water partition coefficient (Wildman–Crippen LogP) is 3.00. The Morgan fingerprint density at radius 2 is 1.86 bits per heavy atom. The number of hydrogen-bond donors (Lipinski definition) is 2. The Labute approximate surface area is 130 Å². The lowest BCUT2D eigenvalue weighted by Crippen LogP contribution is -2.16. The third kappa shape index (κ3) is 4.23. The highest BCUT2D eigenvalue weighted by molar-refractivity contribution is 5.70. The van der Waals surface area contributed by atoms with Gasteiger partial charge in [0, 0.05) is 23.5 Å². The summed E-state index contributed by atoms with van der Waals surface area (Å²) < 4.78 is 9.81. The Hall–Kier alpha value is -2.53. The number of carbonyl (C=O) groups is 1. The first-order valence-corrected chi connectivity index (χ1v) is 6.96. The topological polar surface area (TPSA) is 73.6 Å². The first-order chi connectivity index (χ1) is 10.6. The van der Waals surface area contributed by atoms with E-state index in [2.05, 4.69) is 10.1 Å². The van der Waals surface area contributed by atoms with Crippen molar-refractivity contribution < 1.29 is 14.3 Å². The maximum atomic E-state index is 11.2. The van der Waals surface area contributed by atoms with Crippen LogP contribution >= 0.6 is 0 Å². The molecule has 0 unspecified atom stereocenters. The van der Waals surface area contributed by atoms with E-state index in [1.165, 1.54) is 7.11 Å². The molecule has 0 aromatic heterocycles. The summed E-state index contributed by atoms with van der Waals surface area (Å²) in [6.45, 7) is 0. The molecule has 0 aliphatic carbocycles. The van der Waals surface area contributed by atoms with Gasteiger partial charge < -0.3 is 20.5 Å². The molecule has 116 valence electrons. The summed E-state index contributed by atoms with van der Waals surface area (Å²) in [6, 6.07) is 15.0. The minimum absolute atomic E-state index is 0.166. The lowest BCUT2D eigenvalue weighted by molar-refractivity contribution is -0.141. The second-order valence-electron chi connectivity index (χ2n) is 4.87. The summed E-state index contributed by atoms with van der Waals surface area (Å²) in [5, 5.41) is 3.28. The molecule has 0 bridgehead atoms. The van der Waals surface area contributed by atoms with Gasteiger partial charge in [-0.3, -0.25) is 4.79 Å². The number of carbonyl (C=O) groups excluding carboxylic acids is 1. The lowest BCUT2D eigenvalue weighted by atomic mass is 10.0. The van der Waals surface area contributed by atoms with Crippen LogP contribution in [0.2, 0.25) is 0 Å². The number of hydrogen-bond acceptors (Lipinski definition) is 5. The molecule has 0 amide bonds. The van der Waals surface area contributed by atoms with E-state index in [-0.39, 0.29) is 18.4 Å². The number of benzene rings is 2. The fraction of sp³-hybridized carbons (Fsp3) is 0.235. The standard InChI is InChI=1S/C17H20N2O3/c1-21-15-5-3-4-14(10-15)19-13-8-6-12(7-9-13)16(18)11-17(20)22-2/h3-10,16,19H,11,18H2,1-2H3/t16-/m0/s1. The van der Waals surface area contributed by atoms with E-state index in [4.69, 9.17) is 10.5 Å². The van der Waals surface area contributed by atoms with Gasteiger partial charge in [-0.1, -0.05) is 18.2 Å².